The zero-order chi connectivity index (χ0) is 23.1. The van der Waals surface area contributed by atoms with E-state index in [1.54, 1.807) is 30.6 Å². The van der Waals surface area contributed by atoms with Crippen LogP contribution in [0.25, 0.3) is 21.1 Å². The Morgan fingerprint density at radius 3 is 2.42 bits per heavy atom. The van der Waals surface area contributed by atoms with Crippen LogP contribution in [0.15, 0.2) is 21.7 Å². The number of H-pyrrole nitrogens is 2. The standard InChI is InChI=1S/C23H25N5O4S/c1-4-28(11-19-26-22(30)20-12-6-5-7-17(12)33-23(20)27-19)10-18-24-14-9-16(32-3)15(31-2)8-13(14)21(29)25-18/h8-9H,4-7,10-11H2,1-3H3,(H,24,25,29)(H,26,27,30). The number of rotatable bonds is 7. The first kappa shape index (κ1) is 21.6. The van der Waals surface area contributed by atoms with E-state index in [0.717, 1.165) is 29.5 Å². The zero-order valence-electron chi connectivity index (χ0n) is 18.8. The molecule has 1 aliphatic rings. The van der Waals surface area contributed by atoms with E-state index in [1.807, 2.05) is 6.92 Å². The molecule has 0 fully saturated rings. The van der Waals surface area contributed by atoms with Gasteiger partial charge >= 0.3 is 0 Å². The van der Waals surface area contributed by atoms with Gasteiger partial charge in [-0.05, 0) is 37.4 Å². The molecule has 3 aromatic heterocycles. The summed E-state index contributed by atoms with van der Waals surface area (Å²) < 4.78 is 10.6. The summed E-state index contributed by atoms with van der Waals surface area (Å²) >= 11 is 1.63. The Morgan fingerprint density at radius 1 is 1.00 bits per heavy atom. The van der Waals surface area contributed by atoms with Crippen molar-refractivity contribution >= 4 is 32.5 Å². The molecule has 0 amide bonds. The van der Waals surface area contributed by atoms with Gasteiger partial charge in [0.05, 0.1) is 43.6 Å². The molecule has 3 heterocycles. The number of benzene rings is 1. The molecule has 4 aromatic rings. The first-order chi connectivity index (χ1) is 16.0. The molecule has 0 unspecified atom stereocenters. The molecule has 0 aliphatic heterocycles. The van der Waals surface area contributed by atoms with Gasteiger partial charge in [0.15, 0.2) is 11.5 Å². The molecule has 9 nitrogen and oxygen atoms in total. The van der Waals surface area contributed by atoms with E-state index in [1.165, 1.54) is 17.6 Å². The molecule has 2 N–H and O–H groups in total. The number of hydrogen-bond acceptors (Lipinski definition) is 8. The molecule has 0 saturated carbocycles. The highest BCUT2D eigenvalue weighted by atomic mass is 32.1. The lowest BCUT2D eigenvalue weighted by atomic mass is 10.2. The summed E-state index contributed by atoms with van der Waals surface area (Å²) in [5, 5.41) is 1.19. The second-order valence-corrected chi connectivity index (χ2v) is 9.17. The van der Waals surface area contributed by atoms with Crippen molar-refractivity contribution in [3.63, 3.8) is 0 Å². The zero-order valence-corrected chi connectivity index (χ0v) is 19.6. The lowest BCUT2D eigenvalue weighted by Gasteiger charge is -2.19. The molecular formula is C23H25N5O4S. The molecule has 0 saturated heterocycles. The minimum Gasteiger partial charge on any atom is -0.493 e. The molecule has 0 radical (unpaired) electrons. The number of aromatic amines is 2. The van der Waals surface area contributed by atoms with Crippen LogP contribution in [0, 0.1) is 0 Å². The van der Waals surface area contributed by atoms with E-state index in [2.05, 4.69) is 19.9 Å². The highest BCUT2D eigenvalue weighted by Gasteiger charge is 2.21. The maximum Gasteiger partial charge on any atom is 0.259 e. The van der Waals surface area contributed by atoms with Gasteiger partial charge in [-0.25, -0.2) is 9.97 Å². The van der Waals surface area contributed by atoms with Gasteiger partial charge in [-0.15, -0.1) is 11.3 Å². The summed E-state index contributed by atoms with van der Waals surface area (Å²) in [4.78, 5) is 44.8. The largest absolute Gasteiger partial charge is 0.493 e. The van der Waals surface area contributed by atoms with E-state index in [-0.39, 0.29) is 11.1 Å². The van der Waals surface area contributed by atoms with Crippen LogP contribution in [0.4, 0.5) is 0 Å². The third kappa shape index (κ3) is 3.89. The van der Waals surface area contributed by atoms with Gasteiger partial charge in [0.25, 0.3) is 11.1 Å². The van der Waals surface area contributed by atoms with Gasteiger partial charge in [-0.2, -0.15) is 0 Å². The van der Waals surface area contributed by atoms with Crippen molar-refractivity contribution in [3.05, 3.63) is 54.9 Å². The number of thiophene rings is 1. The topological polar surface area (TPSA) is 113 Å². The van der Waals surface area contributed by atoms with Gasteiger partial charge in [-0.1, -0.05) is 6.92 Å². The average Bonchev–Trinajstić information content (AvgIpc) is 3.38. The molecule has 1 aromatic carbocycles. The Kier molecular flexibility index (Phi) is 5.63. The number of nitrogens with one attached hydrogen (secondary N) is 2. The minimum absolute atomic E-state index is 0.0660. The Hall–Kier alpha value is -3.24. The van der Waals surface area contributed by atoms with Crippen molar-refractivity contribution in [2.75, 3.05) is 20.8 Å². The summed E-state index contributed by atoms with van der Waals surface area (Å²) in [6, 6.07) is 3.33. The van der Waals surface area contributed by atoms with Gasteiger partial charge in [0.1, 0.15) is 16.5 Å². The number of methoxy groups -OCH3 is 2. The van der Waals surface area contributed by atoms with Crippen LogP contribution >= 0.6 is 11.3 Å². The number of fused-ring (bicyclic) bond motifs is 4. The molecule has 0 bridgehead atoms. The Labute approximate surface area is 193 Å². The van der Waals surface area contributed by atoms with Gasteiger partial charge in [-0.3, -0.25) is 14.5 Å². The van der Waals surface area contributed by atoms with Crippen LogP contribution in [0.5, 0.6) is 11.5 Å². The predicted molar refractivity (Wildman–Crippen MR) is 128 cm³/mol. The van der Waals surface area contributed by atoms with E-state index in [9.17, 15) is 9.59 Å². The lowest BCUT2D eigenvalue weighted by Crippen LogP contribution is -2.27. The Balaban J connectivity index is 1.43. The Morgan fingerprint density at radius 2 is 1.70 bits per heavy atom. The fraction of sp³-hybridized carbons (Fsp3) is 0.391. The van der Waals surface area contributed by atoms with Crippen molar-refractivity contribution in [3.8, 4) is 11.5 Å². The molecule has 33 heavy (non-hydrogen) atoms. The minimum atomic E-state index is -0.243. The lowest BCUT2D eigenvalue weighted by molar-refractivity contribution is 0.258. The second-order valence-electron chi connectivity index (χ2n) is 8.09. The summed E-state index contributed by atoms with van der Waals surface area (Å²) in [6.45, 7) is 3.55. The second kappa shape index (κ2) is 8.60. The first-order valence-corrected chi connectivity index (χ1v) is 11.7. The summed E-state index contributed by atoms with van der Waals surface area (Å²) in [5.74, 6) is 2.13. The number of aryl methyl sites for hydroxylation is 2. The highest BCUT2D eigenvalue weighted by Crippen LogP contribution is 2.34. The summed E-state index contributed by atoms with van der Waals surface area (Å²) in [5.41, 5.74) is 1.40. The molecule has 1 aliphatic carbocycles. The SMILES string of the molecule is CCN(Cc1nc2cc(OC)c(OC)cc2c(=O)[nH]1)Cc1nc2sc3c(c2c(=O)[nH]1)CCC3. The van der Waals surface area contributed by atoms with Gasteiger partial charge in [0, 0.05) is 10.9 Å². The van der Waals surface area contributed by atoms with Crippen LogP contribution in [0.2, 0.25) is 0 Å². The first-order valence-electron chi connectivity index (χ1n) is 10.9. The summed E-state index contributed by atoms with van der Waals surface area (Å²) in [6.07, 6.45) is 3.10. The number of nitrogens with zero attached hydrogens (tertiary/aromatic N) is 3. The quantitative estimate of drug-likeness (QED) is 0.430. The number of hydrogen-bond donors (Lipinski definition) is 2. The molecule has 10 heteroatoms. The van der Waals surface area contributed by atoms with Crippen molar-refractivity contribution < 1.29 is 9.47 Å². The van der Waals surface area contributed by atoms with E-state index < -0.39 is 0 Å². The van der Waals surface area contributed by atoms with E-state index in [4.69, 9.17) is 14.5 Å². The van der Waals surface area contributed by atoms with Crippen molar-refractivity contribution in [2.24, 2.45) is 0 Å². The third-order valence-electron chi connectivity index (χ3n) is 6.08. The van der Waals surface area contributed by atoms with E-state index in [0.29, 0.717) is 53.7 Å². The average molecular weight is 468 g/mol. The van der Waals surface area contributed by atoms with E-state index >= 15 is 0 Å². The van der Waals surface area contributed by atoms with Crippen LogP contribution in [-0.2, 0) is 25.9 Å². The normalized spacial score (nSPS) is 13.2. The maximum absolute atomic E-state index is 12.8. The smallest absolute Gasteiger partial charge is 0.259 e. The van der Waals surface area contributed by atoms with Gasteiger partial charge in [0.2, 0.25) is 0 Å². The molecule has 5 rings (SSSR count). The Bertz CT molecular complexity index is 1470. The number of ether oxygens (including phenoxy) is 2. The molecule has 172 valence electrons. The fourth-order valence-corrected chi connectivity index (χ4v) is 5.70. The monoisotopic (exact) mass is 467 g/mol. The van der Waals surface area contributed by atoms with Crippen molar-refractivity contribution in [1.82, 2.24) is 24.8 Å². The molecule has 0 spiro atoms. The van der Waals surface area contributed by atoms with Gasteiger partial charge < -0.3 is 19.4 Å². The highest BCUT2D eigenvalue weighted by molar-refractivity contribution is 7.18. The van der Waals surface area contributed by atoms with Crippen molar-refractivity contribution in [1.29, 1.82) is 0 Å². The molecule has 0 atom stereocenters. The van der Waals surface area contributed by atoms with Crippen LogP contribution in [0.1, 0.15) is 35.4 Å². The summed E-state index contributed by atoms with van der Waals surface area (Å²) in [7, 11) is 3.07. The number of aromatic nitrogens is 4. The van der Waals surface area contributed by atoms with Crippen molar-refractivity contribution in [2.45, 2.75) is 39.3 Å². The third-order valence-corrected chi connectivity index (χ3v) is 7.26. The molecular weight excluding hydrogens is 442 g/mol. The maximum atomic E-state index is 12.8. The predicted octanol–water partition coefficient (Wildman–Crippen LogP) is 2.75. The van der Waals surface area contributed by atoms with Crippen LogP contribution in [0.3, 0.4) is 0 Å². The van der Waals surface area contributed by atoms with Crippen LogP contribution in [-0.4, -0.2) is 45.6 Å². The fourth-order valence-electron chi connectivity index (χ4n) is 4.41. The van der Waals surface area contributed by atoms with Crippen LogP contribution < -0.4 is 20.6 Å².